The van der Waals surface area contributed by atoms with Crippen LogP contribution in [0.2, 0.25) is 0 Å². The van der Waals surface area contributed by atoms with Crippen molar-refractivity contribution >= 4 is 17.5 Å². The number of hydrogen-bond acceptors (Lipinski definition) is 6. The largest absolute Gasteiger partial charge is 0.355 e. The predicted octanol–water partition coefficient (Wildman–Crippen LogP) is 5.20. The van der Waals surface area contributed by atoms with Gasteiger partial charge in [-0.3, -0.25) is 4.90 Å². The van der Waals surface area contributed by atoms with Crippen LogP contribution in [0.25, 0.3) is 0 Å². The SMILES string of the molecule is CCCc1cc(N2CCC[C@@H](N(C)C3CCCC3)C2)nc(Nc2ccc(C)c(C#N)c2)n1. The van der Waals surface area contributed by atoms with Crippen molar-refractivity contribution in [3.05, 3.63) is 41.1 Å². The van der Waals surface area contributed by atoms with E-state index in [0.717, 1.165) is 54.7 Å². The highest BCUT2D eigenvalue weighted by molar-refractivity contribution is 5.59. The second-order valence-corrected chi connectivity index (χ2v) is 9.40. The number of likely N-dealkylation sites (N-methyl/N-ethyl adjacent to an activating group) is 1. The molecule has 1 aromatic heterocycles. The van der Waals surface area contributed by atoms with Crippen LogP contribution in [0.5, 0.6) is 0 Å². The van der Waals surface area contributed by atoms with Crippen LogP contribution in [0.4, 0.5) is 17.5 Å². The number of aryl methyl sites for hydroxylation is 2. The summed E-state index contributed by atoms with van der Waals surface area (Å²) < 4.78 is 0. The fourth-order valence-corrected chi connectivity index (χ4v) is 5.14. The zero-order chi connectivity index (χ0) is 22.5. The third-order valence-corrected chi connectivity index (χ3v) is 7.08. The summed E-state index contributed by atoms with van der Waals surface area (Å²) in [6, 6.07) is 11.6. The molecule has 1 aliphatic carbocycles. The Morgan fingerprint density at radius 3 is 2.66 bits per heavy atom. The van der Waals surface area contributed by atoms with Crippen molar-refractivity contribution < 1.29 is 0 Å². The molecule has 1 saturated carbocycles. The van der Waals surface area contributed by atoms with E-state index in [2.05, 4.69) is 41.2 Å². The lowest BCUT2D eigenvalue weighted by atomic mass is 10.0. The number of anilines is 3. The molecule has 6 nitrogen and oxygen atoms in total. The summed E-state index contributed by atoms with van der Waals surface area (Å²) >= 11 is 0. The van der Waals surface area contributed by atoms with Gasteiger partial charge in [-0.1, -0.05) is 32.3 Å². The minimum absolute atomic E-state index is 0.586. The maximum atomic E-state index is 9.37. The van der Waals surface area contributed by atoms with Gasteiger partial charge in [0.25, 0.3) is 0 Å². The highest BCUT2D eigenvalue weighted by Gasteiger charge is 2.30. The highest BCUT2D eigenvalue weighted by Crippen LogP contribution is 2.29. The molecule has 1 atom stereocenters. The average molecular weight is 433 g/mol. The molecule has 2 heterocycles. The molecule has 0 amide bonds. The minimum Gasteiger partial charge on any atom is -0.355 e. The number of nitrogens with one attached hydrogen (secondary N) is 1. The summed E-state index contributed by atoms with van der Waals surface area (Å²) in [6.07, 6.45) is 9.88. The number of nitriles is 1. The number of rotatable bonds is 7. The molecule has 0 radical (unpaired) electrons. The summed E-state index contributed by atoms with van der Waals surface area (Å²) in [5.74, 6) is 1.63. The van der Waals surface area contributed by atoms with Crippen molar-refractivity contribution in [1.29, 1.82) is 5.26 Å². The van der Waals surface area contributed by atoms with Crippen LogP contribution in [-0.2, 0) is 6.42 Å². The van der Waals surface area contributed by atoms with Crippen LogP contribution in [0.3, 0.4) is 0 Å². The monoisotopic (exact) mass is 432 g/mol. The molecule has 1 saturated heterocycles. The van der Waals surface area contributed by atoms with E-state index < -0.39 is 0 Å². The molecule has 4 rings (SSSR count). The topological polar surface area (TPSA) is 68.1 Å². The van der Waals surface area contributed by atoms with Crippen molar-refractivity contribution in [2.75, 3.05) is 30.4 Å². The molecule has 0 spiro atoms. The van der Waals surface area contributed by atoms with Gasteiger partial charge in [-0.05, 0) is 63.8 Å². The third kappa shape index (κ3) is 5.21. The summed E-state index contributed by atoms with van der Waals surface area (Å²) in [5.41, 5.74) is 3.57. The van der Waals surface area contributed by atoms with E-state index in [9.17, 15) is 5.26 Å². The Morgan fingerprint density at radius 1 is 1.12 bits per heavy atom. The number of piperidine rings is 1. The Morgan fingerprint density at radius 2 is 1.91 bits per heavy atom. The van der Waals surface area contributed by atoms with E-state index in [0.29, 0.717) is 17.6 Å². The molecule has 1 aromatic carbocycles. The molecule has 2 aliphatic rings. The molecule has 1 aliphatic heterocycles. The van der Waals surface area contributed by atoms with Crippen molar-refractivity contribution in [3.63, 3.8) is 0 Å². The second kappa shape index (κ2) is 10.3. The molecule has 32 heavy (non-hydrogen) atoms. The number of hydrogen-bond donors (Lipinski definition) is 1. The Balaban J connectivity index is 1.55. The molecule has 0 unspecified atom stereocenters. The number of nitrogens with zero attached hydrogens (tertiary/aromatic N) is 5. The lowest BCUT2D eigenvalue weighted by Crippen LogP contribution is -2.49. The lowest BCUT2D eigenvalue weighted by Gasteiger charge is -2.40. The van der Waals surface area contributed by atoms with Crippen LogP contribution in [0.15, 0.2) is 24.3 Å². The van der Waals surface area contributed by atoms with Crippen LogP contribution in [0.1, 0.15) is 68.7 Å². The van der Waals surface area contributed by atoms with Gasteiger partial charge in [0.05, 0.1) is 11.6 Å². The summed E-state index contributed by atoms with van der Waals surface area (Å²) in [6.45, 7) is 6.20. The van der Waals surface area contributed by atoms with Crippen LogP contribution in [-0.4, -0.2) is 47.1 Å². The van der Waals surface area contributed by atoms with Crippen molar-refractivity contribution in [1.82, 2.24) is 14.9 Å². The maximum Gasteiger partial charge on any atom is 0.229 e. The summed E-state index contributed by atoms with van der Waals surface area (Å²) in [5, 5.41) is 12.7. The van der Waals surface area contributed by atoms with Gasteiger partial charge >= 0.3 is 0 Å². The van der Waals surface area contributed by atoms with Gasteiger partial charge in [-0.2, -0.15) is 10.2 Å². The summed E-state index contributed by atoms with van der Waals surface area (Å²) in [4.78, 5) is 14.8. The minimum atomic E-state index is 0.586. The fourth-order valence-electron chi connectivity index (χ4n) is 5.14. The molecule has 2 fully saturated rings. The molecule has 6 heteroatoms. The first-order valence-corrected chi connectivity index (χ1v) is 12.2. The van der Waals surface area contributed by atoms with Gasteiger partial charge in [0.1, 0.15) is 5.82 Å². The van der Waals surface area contributed by atoms with E-state index >= 15 is 0 Å². The van der Waals surface area contributed by atoms with Crippen molar-refractivity contribution in [2.45, 2.75) is 77.3 Å². The van der Waals surface area contributed by atoms with Crippen molar-refractivity contribution in [2.24, 2.45) is 0 Å². The maximum absolute atomic E-state index is 9.37. The Hall–Kier alpha value is -2.65. The normalized spacial score (nSPS) is 19.3. The van der Waals surface area contributed by atoms with Gasteiger partial charge in [0, 0.05) is 42.6 Å². The van der Waals surface area contributed by atoms with Crippen LogP contribution in [0, 0.1) is 18.3 Å². The molecule has 2 aromatic rings. The lowest BCUT2D eigenvalue weighted by molar-refractivity contribution is 0.157. The number of aromatic nitrogens is 2. The van der Waals surface area contributed by atoms with E-state index in [1.807, 2.05) is 25.1 Å². The Bertz CT molecular complexity index is 959. The molecule has 170 valence electrons. The molecular formula is C26H36N6. The quantitative estimate of drug-likeness (QED) is 0.649. The second-order valence-electron chi connectivity index (χ2n) is 9.40. The molecule has 1 N–H and O–H groups in total. The van der Waals surface area contributed by atoms with E-state index in [4.69, 9.17) is 9.97 Å². The first kappa shape index (κ1) is 22.5. The zero-order valence-corrected chi connectivity index (χ0v) is 19.8. The number of benzene rings is 1. The predicted molar refractivity (Wildman–Crippen MR) is 130 cm³/mol. The van der Waals surface area contributed by atoms with E-state index in [-0.39, 0.29) is 0 Å². The van der Waals surface area contributed by atoms with Crippen molar-refractivity contribution in [3.8, 4) is 6.07 Å². The van der Waals surface area contributed by atoms with E-state index in [1.165, 1.54) is 38.5 Å². The first-order valence-electron chi connectivity index (χ1n) is 12.2. The first-order chi connectivity index (χ1) is 15.6. The highest BCUT2D eigenvalue weighted by atomic mass is 15.3. The van der Waals surface area contributed by atoms with Gasteiger partial charge < -0.3 is 10.2 Å². The van der Waals surface area contributed by atoms with Crippen LogP contribution >= 0.6 is 0 Å². The summed E-state index contributed by atoms with van der Waals surface area (Å²) in [7, 11) is 2.32. The zero-order valence-electron chi connectivity index (χ0n) is 19.8. The van der Waals surface area contributed by atoms with Gasteiger partial charge in [0.2, 0.25) is 5.95 Å². The van der Waals surface area contributed by atoms with Gasteiger partial charge in [-0.25, -0.2) is 4.98 Å². The molecular weight excluding hydrogens is 396 g/mol. The fraction of sp³-hybridized carbons (Fsp3) is 0.577. The molecule has 0 bridgehead atoms. The Labute approximate surface area is 192 Å². The van der Waals surface area contributed by atoms with Gasteiger partial charge in [-0.15, -0.1) is 0 Å². The van der Waals surface area contributed by atoms with Crippen LogP contribution < -0.4 is 10.2 Å². The van der Waals surface area contributed by atoms with E-state index in [1.54, 1.807) is 0 Å². The third-order valence-electron chi connectivity index (χ3n) is 7.08. The Kier molecular flexibility index (Phi) is 7.26. The van der Waals surface area contributed by atoms with Gasteiger partial charge in [0.15, 0.2) is 0 Å². The smallest absolute Gasteiger partial charge is 0.229 e. The average Bonchev–Trinajstić information content (AvgIpc) is 3.35. The standard InChI is InChI=1S/C26H36N6/c1-4-8-21-16-25(30-26(28-21)29-22-13-12-19(2)20(15-22)17-27)32-14-7-11-24(18-32)31(3)23-9-5-6-10-23/h12-13,15-16,23-24H,4-11,14,18H2,1-3H3,(H,28,29,30)/t24-/m1/s1.